The zero-order valence-electron chi connectivity index (χ0n) is 33.8. The van der Waals surface area contributed by atoms with Gasteiger partial charge in [-0.05, 0) is 6.92 Å². The van der Waals surface area contributed by atoms with E-state index in [-0.39, 0.29) is 0 Å². The first-order valence-corrected chi connectivity index (χ1v) is 19.3. The smallest absolute Gasteiger partial charge is 0.364 e. The number of carboxylic acids is 1. The number of carbonyl (C=O) groups excluding carboxylic acids is 1. The Labute approximate surface area is 335 Å². The Morgan fingerprint density at radius 2 is 1.31 bits per heavy atom. The highest BCUT2D eigenvalue weighted by Crippen LogP contribution is 2.40. The first kappa shape index (κ1) is 52.3. The van der Waals surface area contributed by atoms with Gasteiger partial charge in [0.25, 0.3) is 5.79 Å². The van der Waals surface area contributed by atoms with E-state index < -0.39 is 166 Å². The van der Waals surface area contributed by atoms with Crippen LogP contribution in [0.2, 0.25) is 0 Å². The zero-order valence-corrected chi connectivity index (χ0v) is 33.8. The number of hydrogen-bond donors (Lipinski definition) is 13. The van der Waals surface area contributed by atoms with Crippen LogP contribution in [0, 0.1) is 5.92 Å². The molecule has 4 heterocycles. The molecule has 13 N–H and O–H groups in total. The zero-order chi connectivity index (χ0) is 44.4. The van der Waals surface area contributed by atoms with Gasteiger partial charge in [-0.1, -0.05) is 34.6 Å². The molecule has 11 unspecified atom stereocenters. The van der Waals surface area contributed by atoms with Crippen molar-refractivity contribution in [3.63, 3.8) is 0 Å². The van der Waals surface area contributed by atoms with E-state index in [1.54, 1.807) is 0 Å². The van der Waals surface area contributed by atoms with E-state index in [1.807, 2.05) is 27.7 Å². The second kappa shape index (κ2) is 23.4. The number of methoxy groups -OCH3 is 1. The van der Waals surface area contributed by atoms with E-state index in [0.29, 0.717) is 0 Å². The van der Waals surface area contributed by atoms with Crippen LogP contribution < -0.4 is 5.32 Å². The largest absolute Gasteiger partial charge is 0.477 e. The molecule has 21 atom stereocenters. The molecular weight excluding hydrogens is 786 g/mol. The summed E-state index contributed by atoms with van der Waals surface area (Å²) in [6.07, 6.45) is -32.0. The molecule has 58 heavy (non-hydrogen) atoms. The van der Waals surface area contributed by atoms with Crippen LogP contribution in [0.4, 0.5) is 0 Å². The number of aliphatic hydroxyl groups is 11. The highest BCUT2D eigenvalue weighted by Gasteiger charge is 2.60. The highest BCUT2D eigenvalue weighted by molar-refractivity contribution is 5.76. The standard InChI is InChI=1S/C31H53NO22.2C2H6/c1-9-12(37)5-31(30(45)46,53-23(9)18(40)13(38)6-33)54-26-19(41)14(7-34)49-29(22(26)44)52-25-16(32-11(3)36)27(47-4)50-15(8-35)24(25)51-28-21(43)20(42)17(39)10(2)48-28;2*1-2/h9-10,12-29,33-35,37-44H,5-8H2,1-4H3,(H,32,36)(H,45,46);2*1-2H3/t9?,10-,12?,13+,14?,15?,16?,17?,18+,19?,20?,21?,22?,23+,24?,25+,26-,27+,28-,29-,31-;;/m0../s1. The van der Waals surface area contributed by atoms with Gasteiger partial charge in [0.1, 0.15) is 79.3 Å². The van der Waals surface area contributed by atoms with Gasteiger partial charge in [-0.25, -0.2) is 4.79 Å². The van der Waals surface area contributed by atoms with Gasteiger partial charge in [0.15, 0.2) is 18.9 Å². The minimum absolute atomic E-state index is 0.676. The normalized spacial score (nSPS) is 44.1. The monoisotopic (exact) mass is 851 g/mol. The molecule has 4 fully saturated rings. The maximum atomic E-state index is 12.8. The first-order valence-electron chi connectivity index (χ1n) is 19.3. The molecule has 0 aromatic rings. The van der Waals surface area contributed by atoms with Crippen molar-refractivity contribution in [3.05, 3.63) is 0 Å². The number of carbonyl (C=O) groups is 2. The predicted octanol–water partition coefficient (Wildman–Crippen LogP) is -5.39. The molecule has 0 saturated carbocycles. The molecule has 4 rings (SSSR count). The van der Waals surface area contributed by atoms with E-state index >= 15 is 0 Å². The van der Waals surface area contributed by atoms with Crippen LogP contribution in [-0.2, 0) is 47.5 Å². The van der Waals surface area contributed by atoms with Crippen molar-refractivity contribution >= 4 is 11.9 Å². The van der Waals surface area contributed by atoms with E-state index in [1.165, 1.54) is 21.0 Å². The van der Waals surface area contributed by atoms with Crippen LogP contribution in [0.3, 0.4) is 0 Å². The first-order chi connectivity index (χ1) is 27.4. The van der Waals surface area contributed by atoms with E-state index in [4.69, 9.17) is 37.9 Å². The molecule has 1 amide bonds. The van der Waals surface area contributed by atoms with Crippen LogP contribution in [0.25, 0.3) is 0 Å². The summed E-state index contributed by atoms with van der Waals surface area (Å²) in [4.78, 5) is 25.2. The van der Waals surface area contributed by atoms with E-state index in [2.05, 4.69) is 5.32 Å². The Morgan fingerprint density at radius 1 is 0.759 bits per heavy atom. The Balaban J connectivity index is 0.00000281. The third-order valence-corrected chi connectivity index (χ3v) is 10.1. The third kappa shape index (κ3) is 11.5. The van der Waals surface area contributed by atoms with Gasteiger partial charge in [-0.15, -0.1) is 0 Å². The van der Waals surface area contributed by atoms with Crippen LogP contribution >= 0.6 is 0 Å². The van der Waals surface area contributed by atoms with E-state index in [0.717, 1.165) is 6.92 Å². The summed E-state index contributed by atoms with van der Waals surface area (Å²) in [5.41, 5.74) is 0. The molecule has 0 spiro atoms. The quantitative estimate of drug-likeness (QED) is 0.0776. The van der Waals surface area contributed by atoms with Gasteiger partial charge < -0.3 is 104 Å². The van der Waals surface area contributed by atoms with Crippen molar-refractivity contribution in [2.24, 2.45) is 5.92 Å². The summed E-state index contributed by atoms with van der Waals surface area (Å²) in [6.45, 7) is 9.08. The molecule has 0 aromatic heterocycles. The molecule has 4 saturated heterocycles. The lowest BCUT2D eigenvalue weighted by Gasteiger charge is -2.51. The van der Waals surface area contributed by atoms with Crippen LogP contribution in [-0.4, -0.2) is 222 Å². The fraction of sp³-hybridized carbons (Fsp3) is 0.943. The van der Waals surface area contributed by atoms with E-state index in [9.17, 15) is 70.9 Å². The lowest BCUT2D eigenvalue weighted by atomic mass is 9.84. The van der Waals surface area contributed by atoms with Crippen LogP contribution in [0.1, 0.15) is 54.9 Å². The minimum Gasteiger partial charge on any atom is -0.477 e. The predicted molar refractivity (Wildman–Crippen MR) is 192 cm³/mol. The molecule has 0 bridgehead atoms. The summed E-state index contributed by atoms with van der Waals surface area (Å²) < 4.78 is 45.9. The Bertz CT molecular complexity index is 1240. The summed E-state index contributed by atoms with van der Waals surface area (Å²) in [5, 5.41) is 128. The molecule has 0 radical (unpaired) electrons. The summed E-state index contributed by atoms with van der Waals surface area (Å²) in [6, 6.07) is -1.40. The SMILES string of the molecule is CC.CC.CO[C@@H]1OC(CO)C(O[C@@H]2O[C@@H](C)C(O)C(O)C2O)[C@H](O[C@@H]2OC(CO)C(O)[C@H](O[C@]3(C(=O)O)CC(O)C(C)[C@H]([C@H](O)[C@H](O)CO)O3)C2O)C1NC(C)=O. The number of nitrogens with one attached hydrogen (secondary N) is 1. The van der Waals surface area contributed by atoms with Crippen molar-refractivity contribution in [1.82, 2.24) is 5.32 Å². The number of aliphatic carboxylic acids is 1. The fourth-order valence-electron chi connectivity index (χ4n) is 6.95. The second-order valence-corrected chi connectivity index (χ2v) is 13.9. The number of ether oxygens (including phenoxy) is 8. The molecule has 4 aliphatic heterocycles. The van der Waals surface area contributed by atoms with Crippen molar-refractivity contribution in [3.8, 4) is 0 Å². The number of carboxylic acid groups (broad SMARTS) is 1. The van der Waals surface area contributed by atoms with Crippen molar-refractivity contribution in [2.45, 2.75) is 177 Å². The fourth-order valence-corrected chi connectivity index (χ4v) is 6.95. The average Bonchev–Trinajstić information content (AvgIpc) is 3.21. The van der Waals surface area contributed by atoms with Gasteiger partial charge in [0.05, 0.1) is 38.1 Å². The Kier molecular flexibility index (Phi) is 21.1. The van der Waals surface area contributed by atoms with Gasteiger partial charge >= 0.3 is 5.97 Å². The van der Waals surface area contributed by atoms with Gasteiger partial charge in [-0.3, -0.25) is 4.79 Å². The molecule has 0 aromatic carbocycles. The number of aliphatic hydroxyl groups excluding tert-OH is 11. The van der Waals surface area contributed by atoms with Gasteiger partial charge in [0, 0.05) is 26.4 Å². The molecule has 342 valence electrons. The second-order valence-electron chi connectivity index (χ2n) is 13.9. The maximum absolute atomic E-state index is 12.8. The number of rotatable bonds is 14. The minimum atomic E-state index is -2.94. The topological polar surface area (TPSA) is 363 Å². The lowest BCUT2D eigenvalue weighted by molar-refractivity contribution is -0.391. The number of hydrogen-bond acceptors (Lipinski definition) is 21. The molecule has 23 nitrogen and oxygen atoms in total. The highest BCUT2D eigenvalue weighted by atomic mass is 16.8. The molecule has 0 aliphatic carbocycles. The average molecular weight is 852 g/mol. The van der Waals surface area contributed by atoms with Gasteiger partial charge in [-0.2, -0.15) is 0 Å². The lowest BCUT2D eigenvalue weighted by Crippen LogP contribution is -2.70. The van der Waals surface area contributed by atoms with Crippen molar-refractivity contribution in [1.29, 1.82) is 0 Å². The summed E-state index contributed by atoms with van der Waals surface area (Å²) >= 11 is 0. The number of amides is 1. The van der Waals surface area contributed by atoms with Crippen LogP contribution in [0.5, 0.6) is 0 Å². The van der Waals surface area contributed by atoms with Gasteiger partial charge in [0.2, 0.25) is 5.91 Å². The van der Waals surface area contributed by atoms with Crippen molar-refractivity contribution in [2.75, 3.05) is 26.9 Å². The maximum Gasteiger partial charge on any atom is 0.364 e. The third-order valence-electron chi connectivity index (χ3n) is 10.1. The molecule has 23 heteroatoms. The summed E-state index contributed by atoms with van der Waals surface area (Å²) in [5.74, 6) is -6.56. The molecule has 4 aliphatic rings. The van der Waals surface area contributed by atoms with Crippen molar-refractivity contribution < 1.29 is 109 Å². The van der Waals surface area contributed by atoms with Crippen LogP contribution in [0.15, 0.2) is 0 Å². The molecular formula is C35H65NO22. The Morgan fingerprint density at radius 3 is 1.83 bits per heavy atom. The Hall–Kier alpha value is -1.82. The summed E-state index contributed by atoms with van der Waals surface area (Å²) in [7, 11) is 1.18.